The van der Waals surface area contributed by atoms with Crippen LogP contribution in [-0.4, -0.2) is 31.8 Å². The van der Waals surface area contributed by atoms with Gasteiger partial charge in [-0.05, 0) is 44.7 Å². The van der Waals surface area contributed by atoms with Gasteiger partial charge in [0.25, 0.3) is 0 Å². The molecule has 1 aliphatic rings. The molecule has 0 amide bonds. The van der Waals surface area contributed by atoms with Crippen LogP contribution in [0.2, 0.25) is 0 Å². The van der Waals surface area contributed by atoms with Gasteiger partial charge in [0, 0.05) is 24.7 Å². The molecule has 0 bridgehead atoms. The molecule has 1 fully saturated rings. The van der Waals surface area contributed by atoms with Crippen LogP contribution in [0.4, 0.5) is 0 Å². The molecule has 5 heteroatoms. The zero-order valence-corrected chi connectivity index (χ0v) is 16.1. The topological polar surface area (TPSA) is 59.6 Å². The van der Waals surface area contributed by atoms with Crippen molar-refractivity contribution in [2.45, 2.75) is 45.1 Å². The summed E-state index contributed by atoms with van der Waals surface area (Å²) in [6.45, 7) is 8.60. The van der Waals surface area contributed by atoms with E-state index >= 15 is 0 Å². The molecule has 1 aliphatic heterocycles. The lowest BCUT2D eigenvalue weighted by Crippen LogP contribution is -2.41. The maximum Gasteiger partial charge on any atom is 0.188 e. The molecular weight excluding hydrogens is 389 g/mol. The van der Waals surface area contributed by atoms with Crippen LogP contribution < -0.4 is 11.1 Å². The number of nitrogens with two attached hydrogens (primary N) is 1. The van der Waals surface area contributed by atoms with Crippen molar-refractivity contribution in [3.63, 3.8) is 0 Å². The average molecular weight is 417 g/mol. The fraction of sp³-hybridized carbons (Fsp3) is 0.588. The highest BCUT2D eigenvalue weighted by molar-refractivity contribution is 14.0. The number of nitrogens with one attached hydrogen (secondary N) is 1. The van der Waals surface area contributed by atoms with Gasteiger partial charge in [0.2, 0.25) is 0 Å². The summed E-state index contributed by atoms with van der Waals surface area (Å²) < 4.78 is 5.56. The van der Waals surface area contributed by atoms with E-state index in [1.54, 1.807) is 0 Å². The van der Waals surface area contributed by atoms with Crippen LogP contribution in [0.1, 0.15) is 37.8 Å². The lowest BCUT2D eigenvalue weighted by atomic mass is 9.72. The summed E-state index contributed by atoms with van der Waals surface area (Å²) in [4.78, 5) is 4.61. The predicted molar refractivity (Wildman–Crippen MR) is 103 cm³/mol. The van der Waals surface area contributed by atoms with Crippen molar-refractivity contribution in [1.29, 1.82) is 0 Å². The molecule has 0 aromatic heterocycles. The lowest BCUT2D eigenvalue weighted by molar-refractivity contribution is 0.0529. The van der Waals surface area contributed by atoms with E-state index in [9.17, 15) is 0 Å². The van der Waals surface area contributed by atoms with Crippen LogP contribution >= 0.6 is 24.0 Å². The predicted octanol–water partition coefficient (Wildman–Crippen LogP) is 2.97. The third kappa shape index (κ3) is 4.84. The minimum atomic E-state index is 0. The van der Waals surface area contributed by atoms with Crippen LogP contribution in [0.5, 0.6) is 0 Å². The maximum atomic E-state index is 5.97. The molecule has 0 radical (unpaired) electrons. The molecule has 0 atom stereocenters. The Hall–Kier alpha value is -0.820. The van der Waals surface area contributed by atoms with Gasteiger partial charge in [0.05, 0.1) is 6.54 Å². The molecule has 0 saturated carbocycles. The first-order valence-electron chi connectivity index (χ1n) is 7.74. The van der Waals surface area contributed by atoms with Crippen LogP contribution in [-0.2, 0) is 10.2 Å². The fourth-order valence-electron chi connectivity index (χ4n) is 3.02. The first-order valence-corrected chi connectivity index (χ1v) is 7.74. The van der Waals surface area contributed by atoms with E-state index in [-0.39, 0.29) is 29.4 Å². The standard InChI is InChI=1S/C17H27N3O.HI/c1-13(2)20-16(18)19-12-17(8-10-21-11-9-17)15-7-5-4-6-14(15)3;/h4-7,13H,8-12H2,1-3H3,(H3,18,19,20);1H. The average Bonchev–Trinajstić information content (AvgIpc) is 2.46. The minimum absolute atomic E-state index is 0. The van der Waals surface area contributed by atoms with Crippen molar-refractivity contribution in [2.24, 2.45) is 10.7 Å². The third-order valence-corrected chi connectivity index (χ3v) is 4.15. The summed E-state index contributed by atoms with van der Waals surface area (Å²) in [5, 5.41) is 3.16. The van der Waals surface area contributed by atoms with E-state index in [4.69, 9.17) is 10.5 Å². The molecule has 1 heterocycles. The number of halogens is 1. The van der Waals surface area contributed by atoms with Gasteiger partial charge < -0.3 is 15.8 Å². The number of benzene rings is 1. The summed E-state index contributed by atoms with van der Waals surface area (Å²) in [7, 11) is 0. The van der Waals surface area contributed by atoms with E-state index in [0.717, 1.165) is 26.1 Å². The number of aliphatic imine (C=N–C) groups is 1. The lowest BCUT2D eigenvalue weighted by Gasteiger charge is -2.37. The SMILES string of the molecule is Cc1ccccc1C1(CN=C(N)NC(C)C)CCOCC1.I. The van der Waals surface area contributed by atoms with E-state index in [2.05, 4.69) is 55.3 Å². The molecule has 3 N–H and O–H groups in total. The van der Waals surface area contributed by atoms with Gasteiger partial charge in [-0.3, -0.25) is 4.99 Å². The monoisotopic (exact) mass is 417 g/mol. The molecule has 124 valence electrons. The Balaban J connectivity index is 0.00000242. The second-order valence-corrected chi connectivity index (χ2v) is 6.21. The number of nitrogens with zero attached hydrogens (tertiary/aromatic N) is 1. The second-order valence-electron chi connectivity index (χ2n) is 6.21. The number of hydrogen-bond acceptors (Lipinski definition) is 2. The van der Waals surface area contributed by atoms with Crippen molar-refractivity contribution in [3.05, 3.63) is 35.4 Å². The van der Waals surface area contributed by atoms with Crippen LogP contribution in [0.25, 0.3) is 0 Å². The number of guanidine groups is 1. The summed E-state index contributed by atoms with van der Waals surface area (Å²) in [6.07, 6.45) is 1.99. The molecule has 0 unspecified atom stereocenters. The number of hydrogen-bond donors (Lipinski definition) is 2. The summed E-state index contributed by atoms with van der Waals surface area (Å²) in [6, 6.07) is 8.90. The Bertz CT molecular complexity index is 496. The number of ether oxygens (including phenoxy) is 1. The van der Waals surface area contributed by atoms with Gasteiger partial charge in [-0.2, -0.15) is 0 Å². The minimum Gasteiger partial charge on any atom is -0.381 e. The second kappa shape index (κ2) is 8.72. The van der Waals surface area contributed by atoms with Crippen LogP contribution in [0, 0.1) is 6.92 Å². The largest absolute Gasteiger partial charge is 0.381 e. The van der Waals surface area contributed by atoms with Gasteiger partial charge in [0.15, 0.2) is 5.96 Å². The molecule has 1 aromatic rings. The van der Waals surface area contributed by atoms with Crippen molar-refractivity contribution in [2.75, 3.05) is 19.8 Å². The van der Waals surface area contributed by atoms with E-state index in [1.807, 2.05) is 0 Å². The highest BCUT2D eigenvalue weighted by atomic mass is 127. The summed E-state index contributed by atoms with van der Waals surface area (Å²) in [5.41, 5.74) is 8.73. The van der Waals surface area contributed by atoms with Crippen molar-refractivity contribution >= 4 is 29.9 Å². The molecule has 1 saturated heterocycles. The molecule has 0 spiro atoms. The van der Waals surface area contributed by atoms with Gasteiger partial charge in [0.1, 0.15) is 0 Å². The van der Waals surface area contributed by atoms with E-state index in [1.165, 1.54) is 11.1 Å². The van der Waals surface area contributed by atoms with Gasteiger partial charge in [-0.25, -0.2) is 0 Å². The molecule has 4 nitrogen and oxygen atoms in total. The van der Waals surface area contributed by atoms with Crippen molar-refractivity contribution in [3.8, 4) is 0 Å². The number of aryl methyl sites for hydroxylation is 1. The fourth-order valence-corrected chi connectivity index (χ4v) is 3.02. The smallest absolute Gasteiger partial charge is 0.188 e. The van der Waals surface area contributed by atoms with Crippen LogP contribution in [0.3, 0.4) is 0 Å². The number of rotatable bonds is 4. The highest BCUT2D eigenvalue weighted by Gasteiger charge is 2.35. The Labute approximate surface area is 150 Å². The van der Waals surface area contributed by atoms with E-state index < -0.39 is 0 Å². The normalized spacial score (nSPS) is 17.9. The summed E-state index contributed by atoms with van der Waals surface area (Å²) >= 11 is 0. The molecular formula is C17H28IN3O. The van der Waals surface area contributed by atoms with Gasteiger partial charge in [-0.1, -0.05) is 24.3 Å². The van der Waals surface area contributed by atoms with Crippen LogP contribution in [0.15, 0.2) is 29.3 Å². The third-order valence-electron chi connectivity index (χ3n) is 4.15. The molecule has 1 aromatic carbocycles. The molecule has 0 aliphatic carbocycles. The highest BCUT2D eigenvalue weighted by Crippen LogP contribution is 2.36. The Morgan fingerprint density at radius 3 is 2.55 bits per heavy atom. The Morgan fingerprint density at radius 1 is 1.32 bits per heavy atom. The Morgan fingerprint density at radius 2 is 1.95 bits per heavy atom. The summed E-state index contributed by atoms with van der Waals surface area (Å²) in [5.74, 6) is 0.532. The van der Waals surface area contributed by atoms with E-state index in [0.29, 0.717) is 18.5 Å². The quantitative estimate of drug-likeness (QED) is 0.450. The van der Waals surface area contributed by atoms with Gasteiger partial charge >= 0.3 is 0 Å². The molecule has 22 heavy (non-hydrogen) atoms. The Kier molecular flexibility index (Phi) is 7.62. The maximum absolute atomic E-state index is 5.97. The first kappa shape index (κ1) is 19.2. The zero-order valence-electron chi connectivity index (χ0n) is 13.8. The van der Waals surface area contributed by atoms with Crippen molar-refractivity contribution < 1.29 is 4.74 Å². The van der Waals surface area contributed by atoms with Crippen molar-refractivity contribution in [1.82, 2.24) is 5.32 Å². The zero-order chi connectivity index (χ0) is 15.3. The van der Waals surface area contributed by atoms with Gasteiger partial charge in [-0.15, -0.1) is 24.0 Å². The molecule has 2 rings (SSSR count). The first-order chi connectivity index (χ1) is 10.0.